The second-order valence-corrected chi connectivity index (χ2v) is 6.84. The smallest absolute Gasteiger partial charge is 0.0489 e. The Morgan fingerprint density at radius 1 is 1.28 bits per heavy atom. The largest absolute Gasteiger partial charge is 0.346 e. The lowest BCUT2D eigenvalue weighted by Crippen LogP contribution is -2.55. The average molecular weight is 260 g/mol. The van der Waals surface area contributed by atoms with E-state index >= 15 is 0 Å². The summed E-state index contributed by atoms with van der Waals surface area (Å²) in [5.41, 5.74) is 2.94. The van der Waals surface area contributed by atoms with Gasteiger partial charge in [0.05, 0.1) is 0 Å². The lowest BCUT2D eigenvalue weighted by molar-refractivity contribution is 0.0371. The topological polar surface area (TPSA) is 6.48 Å². The van der Waals surface area contributed by atoms with E-state index in [-0.39, 0.29) is 0 Å². The first-order valence-electron chi connectivity index (χ1n) is 7.06. The van der Waals surface area contributed by atoms with Gasteiger partial charge in [-0.25, -0.2) is 0 Å². The van der Waals surface area contributed by atoms with Crippen molar-refractivity contribution < 1.29 is 0 Å². The number of hydrogen-bond donors (Lipinski definition) is 0. The van der Waals surface area contributed by atoms with Crippen molar-refractivity contribution in [1.82, 2.24) is 9.80 Å². The lowest BCUT2D eigenvalue weighted by atomic mass is 9.82. The lowest BCUT2D eigenvalue weighted by Gasteiger charge is -2.49. The van der Waals surface area contributed by atoms with E-state index in [4.69, 9.17) is 0 Å². The third kappa shape index (κ3) is 1.60. The van der Waals surface area contributed by atoms with Crippen LogP contribution in [-0.4, -0.2) is 41.2 Å². The van der Waals surface area contributed by atoms with Crippen LogP contribution in [0, 0.1) is 5.92 Å². The monoisotopic (exact) mass is 260 g/mol. The van der Waals surface area contributed by atoms with Gasteiger partial charge in [0.25, 0.3) is 0 Å². The maximum absolute atomic E-state index is 2.64. The first kappa shape index (κ1) is 11.2. The molecule has 5 aliphatic heterocycles. The quantitative estimate of drug-likeness (QED) is 0.716. The van der Waals surface area contributed by atoms with E-state index in [1.807, 2.05) is 11.8 Å². The third-order valence-corrected chi connectivity index (χ3v) is 6.06. The highest BCUT2D eigenvalue weighted by Gasteiger charge is 2.38. The standard InChI is InChI=1S/C15H20N2S/c1-11-15-13(5-9-18-15)4-8-17(11)14-10-16-6-2-12(14)3-7-16/h4-5,8,12,14H,2-3,6-7,9-10H2,1H3/t14-/m0/s1. The average Bonchev–Trinajstić information content (AvgIpc) is 2.90. The van der Waals surface area contributed by atoms with E-state index in [0.717, 1.165) is 17.7 Å². The maximum atomic E-state index is 2.64. The molecule has 5 aliphatic rings. The first-order chi connectivity index (χ1) is 8.83. The van der Waals surface area contributed by atoms with Gasteiger partial charge in [-0.05, 0) is 50.4 Å². The molecule has 2 bridgehead atoms. The fourth-order valence-electron chi connectivity index (χ4n) is 3.85. The summed E-state index contributed by atoms with van der Waals surface area (Å²) >= 11 is 2.00. The summed E-state index contributed by atoms with van der Waals surface area (Å²) in [4.78, 5) is 6.74. The van der Waals surface area contributed by atoms with Gasteiger partial charge in [0.1, 0.15) is 0 Å². The number of hydrogen-bond acceptors (Lipinski definition) is 3. The molecule has 0 spiro atoms. The Hall–Kier alpha value is -0.670. The van der Waals surface area contributed by atoms with Gasteiger partial charge in [0.15, 0.2) is 0 Å². The van der Waals surface area contributed by atoms with Gasteiger partial charge in [-0.1, -0.05) is 6.08 Å². The molecule has 0 radical (unpaired) electrons. The molecule has 0 aromatic rings. The Morgan fingerprint density at radius 2 is 2.11 bits per heavy atom. The van der Waals surface area contributed by atoms with Crippen LogP contribution < -0.4 is 0 Å². The number of piperidine rings is 3. The van der Waals surface area contributed by atoms with Crippen molar-refractivity contribution >= 4 is 11.8 Å². The second-order valence-electron chi connectivity index (χ2n) is 5.81. The molecule has 3 saturated heterocycles. The zero-order chi connectivity index (χ0) is 12.1. The van der Waals surface area contributed by atoms with Crippen molar-refractivity contribution in [2.24, 2.45) is 5.92 Å². The molecule has 0 aliphatic carbocycles. The Morgan fingerprint density at radius 3 is 2.83 bits per heavy atom. The Bertz CT molecular complexity index is 455. The van der Waals surface area contributed by atoms with Crippen molar-refractivity contribution in [2.45, 2.75) is 25.8 Å². The highest BCUT2D eigenvalue weighted by molar-refractivity contribution is 8.03. The zero-order valence-corrected chi connectivity index (χ0v) is 11.7. The molecule has 0 unspecified atom stereocenters. The minimum atomic E-state index is 0.721. The normalized spacial score (nSPS) is 38.2. The summed E-state index contributed by atoms with van der Waals surface area (Å²) in [6.07, 6.45) is 9.80. The molecular formula is C15H20N2S. The summed E-state index contributed by atoms with van der Waals surface area (Å²) in [7, 11) is 0. The van der Waals surface area contributed by atoms with E-state index in [1.165, 1.54) is 48.7 Å². The molecule has 5 rings (SSSR count). The van der Waals surface area contributed by atoms with Crippen molar-refractivity contribution in [3.63, 3.8) is 0 Å². The van der Waals surface area contributed by atoms with Gasteiger partial charge in [-0.2, -0.15) is 0 Å². The van der Waals surface area contributed by atoms with Crippen LogP contribution in [0.5, 0.6) is 0 Å². The predicted molar refractivity (Wildman–Crippen MR) is 77.2 cm³/mol. The SMILES string of the molecule is CC1=C2SCC=C2C=CN1[C@H]1CN2CCC1CC2. The number of allylic oxidation sites excluding steroid dienone is 3. The maximum Gasteiger partial charge on any atom is 0.0489 e. The van der Waals surface area contributed by atoms with Gasteiger partial charge >= 0.3 is 0 Å². The van der Waals surface area contributed by atoms with Gasteiger partial charge in [0, 0.05) is 35.1 Å². The summed E-state index contributed by atoms with van der Waals surface area (Å²) in [5.74, 6) is 2.06. The molecule has 0 saturated carbocycles. The first-order valence-corrected chi connectivity index (χ1v) is 8.04. The summed E-state index contributed by atoms with van der Waals surface area (Å²) in [6.45, 7) is 6.23. The van der Waals surface area contributed by atoms with Crippen molar-refractivity contribution in [3.8, 4) is 0 Å². The molecule has 0 aromatic heterocycles. The molecule has 0 amide bonds. The number of thioether (sulfide) groups is 1. The zero-order valence-electron chi connectivity index (χ0n) is 10.9. The summed E-state index contributed by atoms with van der Waals surface area (Å²) < 4.78 is 0. The Kier molecular flexibility index (Phi) is 2.59. The van der Waals surface area contributed by atoms with Crippen molar-refractivity contribution in [1.29, 1.82) is 0 Å². The van der Waals surface area contributed by atoms with Crippen molar-refractivity contribution in [3.05, 3.63) is 34.5 Å². The van der Waals surface area contributed by atoms with Gasteiger partial charge in [-0.15, -0.1) is 11.8 Å². The summed E-state index contributed by atoms with van der Waals surface area (Å²) in [5, 5.41) is 0. The van der Waals surface area contributed by atoms with E-state index in [2.05, 4.69) is 35.1 Å². The van der Waals surface area contributed by atoms with E-state index in [1.54, 1.807) is 0 Å². The highest BCUT2D eigenvalue weighted by atomic mass is 32.2. The highest BCUT2D eigenvalue weighted by Crippen LogP contribution is 2.41. The molecule has 18 heavy (non-hydrogen) atoms. The minimum Gasteiger partial charge on any atom is -0.346 e. The predicted octanol–water partition coefficient (Wildman–Crippen LogP) is 2.81. The third-order valence-electron chi connectivity index (χ3n) is 4.90. The number of fused-ring (bicyclic) bond motifs is 4. The molecular weight excluding hydrogens is 240 g/mol. The van der Waals surface area contributed by atoms with Crippen LogP contribution in [0.25, 0.3) is 0 Å². The van der Waals surface area contributed by atoms with Crippen LogP contribution in [0.15, 0.2) is 34.5 Å². The van der Waals surface area contributed by atoms with Crippen molar-refractivity contribution in [2.75, 3.05) is 25.4 Å². The molecule has 96 valence electrons. The van der Waals surface area contributed by atoms with Gasteiger partial charge < -0.3 is 9.80 Å². The van der Waals surface area contributed by atoms with Crippen LogP contribution in [-0.2, 0) is 0 Å². The fourth-order valence-corrected chi connectivity index (χ4v) is 4.91. The van der Waals surface area contributed by atoms with Gasteiger partial charge in [-0.3, -0.25) is 0 Å². The summed E-state index contributed by atoms with van der Waals surface area (Å²) in [6, 6.07) is 0.721. The fraction of sp³-hybridized carbons (Fsp3) is 0.600. The van der Waals surface area contributed by atoms with Crippen LogP contribution in [0.2, 0.25) is 0 Å². The number of nitrogens with zero attached hydrogens (tertiary/aromatic N) is 2. The molecule has 3 fully saturated rings. The Labute approximate surface area is 113 Å². The second kappa shape index (κ2) is 4.17. The number of rotatable bonds is 1. The molecule has 3 heteroatoms. The van der Waals surface area contributed by atoms with Gasteiger partial charge in [0.2, 0.25) is 0 Å². The van der Waals surface area contributed by atoms with Crippen LogP contribution in [0.1, 0.15) is 19.8 Å². The Balaban J connectivity index is 1.64. The van der Waals surface area contributed by atoms with E-state index < -0.39 is 0 Å². The van der Waals surface area contributed by atoms with E-state index in [0.29, 0.717) is 0 Å². The van der Waals surface area contributed by atoms with Crippen LogP contribution in [0.3, 0.4) is 0 Å². The van der Waals surface area contributed by atoms with Crippen LogP contribution >= 0.6 is 11.8 Å². The molecule has 2 nitrogen and oxygen atoms in total. The van der Waals surface area contributed by atoms with E-state index in [9.17, 15) is 0 Å². The minimum absolute atomic E-state index is 0.721. The molecule has 5 heterocycles. The molecule has 1 atom stereocenters. The van der Waals surface area contributed by atoms with Crippen LogP contribution in [0.4, 0.5) is 0 Å². The molecule has 0 aromatic carbocycles. The molecule has 0 N–H and O–H groups in total.